The van der Waals surface area contributed by atoms with Crippen LogP contribution in [0.1, 0.15) is 22.4 Å². The fourth-order valence-corrected chi connectivity index (χ4v) is 2.37. The summed E-state index contributed by atoms with van der Waals surface area (Å²) in [4.78, 5) is 25.2. The van der Waals surface area contributed by atoms with Crippen molar-refractivity contribution < 1.29 is 19.5 Å². The monoisotopic (exact) mass is 357 g/mol. The van der Waals surface area contributed by atoms with E-state index in [1.807, 2.05) is 0 Å². The minimum atomic E-state index is -0.743. The van der Waals surface area contributed by atoms with Crippen LogP contribution in [-0.4, -0.2) is 29.2 Å². The van der Waals surface area contributed by atoms with Crippen LogP contribution in [0.25, 0.3) is 12.2 Å². The number of hydrogen-bond acceptors (Lipinski definition) is 7. The zero-order valence-corrected chi connectivity index (χ0v) is 14.0. The molecule has 0 bridgehead atoms. The average Bonchev–Trinajstić information content (AvgIpc) is 2.60. The fourth-order valence-electron chi connectivity index (χ4n) is 2.37. The molecule has 0 atom stereocenters. The van der Waals surface area contributed by atoms with Gasteiger partial charge in [-0.3, -0.25) is 14.9 Å². The van der Waals surface area contributed by atoms with Crippen LogP contribution in [0.15, 0.2) is 23.0 Å². The maximum absolute atomic E-state index is 12.1. The number of nitrogens with zero attached hydrogens (tertiary/aromatic N) is 2. The third-order valence-corrected chi connectivity index (χ3v) is 3.55. The molecule has 134 valence electrons. The molecule has 0 aliphatic rings. The van der Waals surface area contributed by atoms with E-state index in [-0.39, 0.29) is 34.9 Å². The zero-order chi connectivity index (χ0) is 19.3. The van der Waals surface area contributed by atoms with Gasteiger partial charge in [0.1, 0.15) is 17.3 Å². The molecule has 0 unspecified atom stereocenters. The Hall–Kier alpha value is -3.64. The molecular formula is C17H15N3O6. The summed E-state index contributed by atoms with van der Waals surface area (Å²) < 4.78 is 9.90. The Morgan fingerprint density at radius 1 is 1.38 bits per heavy atom. The van der Waals surface area contributed by atoms with E-state index < -0.39 is 16.2 Å². The lowest BCUT2D eigenvalue weighted by Crippen LogP contribution is -2.18. The molecule has 0 aliphatic heterocycles. The molecule has 0 fully saturated rings. The Morgan fingerprint density at radius 3 is 2.69 bits per heavy atom. The highest BCUT2D eigenvalue weighted by Crippen LogP contribution is 2.29. The molecule has 2 aromatic rings. The van der Waals surface area contributed by atoms with Gasteiger partial charge in [-0.05, 0) is 23.8 Å². The molecule has 0 saturated carbocycles. The summed E-state index contributed by atoms with van der Waals surface area (Å²) in [5.74, 6) is 0.180. The Bertz CT molecular complexity index is 972. The van der Waals surface area contributed by atoms with Gasteiger partial charge in [-0.1, -0.05) is 12.1 Å². The van der Waals surface area contributed by atoms with Crippen LogP contribution in [0.4, 0.5) is 5.69 Å². The van der Waals surface area contributed by atoms with E-state index in [4.69, 9.17) is 14.7 Å². The molecule has 0 saturated heterocycles. The number of rotatable bonds is 6. The summed E-state index contributed by atoms with van der Waals surface area (Å²) in [6.07, 6.45) is 2.84. The number of H-pyrrole nitrogens is 1. The van der Waals surface area contributed by atoms with Gasteiger partial charge in [-0.25, -0.2) is 0 Å². The van der Waals surface area contributed by atoms with Crippen LogP contribution in [0.2, 0.25) is 0 Å². The number of pyridine rings is 1. The average molecular weight is 357 g/mol. The Morgan fingerprint density at radius 2 is 2.12 bits per heavy atom. The van der Waals surface area contributed by atoms with E-state index >= 15 is 0 Å². The van der Waals surface area contributed by atoms with Gasteiger partial charge in [0.05, 0.1) is 24.2 Å². The van der Waals surface area contributed by atoms with Gasteiger partial charge in [0.2, 0.25) is 0 Å². The van der Waals surface area contributed by atoms with Crippen molar-refractivity contribution in [3.8, 4) is 17.6 Å². The van der Waals surface area contributed by atoms with E-state index in [9.17, 15) is 20.0 Å². The number of aromatic amines is 1. The van der Waals surface area contributed by atoms with E-state index in [1.165, 1.54) is 38.5 Å². The van der Waals surface area contributed by atoms with Crippen LogP contribution in [0.5, 0.6) is 11.5 Å². The van der Waals surface area contributed by atoms with Crippen molar-refractivity contribution >= 4 is 17.8 Å². The van der Waals surface area contributed by atoms with Crippen LogP contribution < -0.4 is 10.3 Å². The Labute approximate surface area is 147 Å². The Balaban J connectivity index is 2.61. The van der Waals surface area contributed by atoms with E-state index in [1.54, 1.807) is 12.1 Å². The van der Waals surface area contributed by atoms with E-state index in [0.29, 0.717) is 5.56 Å². The first-order valence-corrected chi connectivity index (χ1v) is 7.30. The summed E-state index contributed by atoms with van der Waals surface area (Å²) in [5.41, 5.74) is -1.10. The van der Waals surface area contributed by atoms with Crippen LogP contribution in [-0.2, 0) is 11.3 Å². The molecule has 9 nitrogen and oxygen atoms in total. The fraction of sp³-hybridized carbons (Fsp3) is 0.176. The molecule has 0 amide bonds. The lowest BCUT2D eigenvalue weighted by atomic mass is 10.1. The molecule has 0 radical (unpaired) electrons. The predicted molar refractivity (Wildman–Crippen MR) is 92.7 cm³/mol. The second-order valence-electron chi connectivity index (χ2n) is 5.14. The first-order chi connectivity index (χ1) is 12.4. The molecule has 1 heterocycles. The highest BCUT2D eigenvalue weighted by atomic mass is 16.6. The maximum atomic E-state index is 12.1. The summed E-state index contributed by atoms with van der Waals surface area (Å²) >= 11 is 0. The second kappa shape index (κ2) is 7.96. The van der Waals surface area contributed by atoms with Crippen molar-refractivity contribution in [2.75, 3.05) is 14.2 Å². The van der Waals surface area contributed by atoms with Gasteiger partial charge in [-0.2, -0.15) is 5.26 Å². The first-order valence-electron chi connectivity index (χ1n) is 7.30. The van der Waals surface area contributed by atoms with Crippen molar-refractivity contribution in [2.45, 2.75) is 6.61 Å². The maximum Gasteiger partial charge on any atom is 0.299 e. The summed E-state index contributed by atoms with van der Waals surface area (Å²) in [5, 5.41) is 30.2. The molecule has 0 spiro atoms. The number of ether oxygens (including phenoxy) is 2. The third kappa shape index (κ3) is 3.71. The van der Waals surface area contributed by atoms with Crippen LogP contribution in [0, 0.1) is 21.4 Å². The lowest BCUT2D eigenvalue weighted by Gasteiger charge is -2.07. The second-order valence-corrected chi connectivity index (χ2v) is 5.14. The van der Waals surface area contributed by atoms with Crippen molar-refractivity contribution in [1.29, 1.82) is 5.26 Å². The van der Waals surface area contributed by atoms with E-state index in [0.717, 1.165) is 0 Å². The molecule has 0 aliphatic carbocycles. The number of hydrogen-bond donors (Lipinski definition) is 2. The highest BCUT2D eigenvalue weighted by Gasteiger charge is 2.25. The van der Waals surface area contributed by atoms with Crippen molar-refractivity contribution in [3.05, 3.63) is 61.1 Å². The van der Waals surface area contributed by atoms with Crippen molar-refractivity contribution in [3.63, 3.8) is 0 Å². The minimum absolute atomic E-state index is 0.0511. The number of aromatic nitrogens is 1. The number of nitro groups is 1. The molecular weight excluding hydrogens is 342 g/mol. The lowest BCUT2D eigenvalue weighted by molar-refractivity contribution is -0.386. The van der Waals surface area contributed by atoms with Crippen molar-refractivity contribution in [1.82, 2.24) is 4.98 Å². The molecule has 1 aromatic carbocycles. The minimum Gasteiger partial charge on any atom is -0.504 e. The SMILES string of the molecule is COCc1c([N+](=O)[O-])c(/C=C/c2ccc(O)c(OC)c2)[nH]c(=O)c1C#N. The predicted octanol–water partition coefficient (Wildman–Crippen LogP) is 2.19. The quantitative estimate of drug-likeness (QED) is 0.596. The first kappa shape index (κ1) is 18.7. The van der Waals surface area contributed by atoms with E-state index in [2.05, 4.69) is 4.98 Å². The number of methoxy groups -OCH3 is 2. The number of phenols is 1. The molecule has 2 rings (SSSR count). The number of nitrogens with one attached hydrogen (secondary N) is 1. The Kier molecular flexibility index (Phi) is 5.72. The number of benzene rings is 1. The number of phenolic OH excluding ortho intramolecular Hbond substituents is 1. The highest BCUT2D eigenvalue weighted by molar-refractivity contribution is 5.74. The molecule has 1 aromatic heterocycles. The summed E-state index contributed by atoms with van der Waals surface area (Å²) in [7, 11) is 2.70. The van der Waals surface area contributed by atoms with Crippen LogP contribution in [0.3, 0.4) is 0 Å². The molecule has 26 heavy (non-hydrogen) atoms. The van der Waals surface area contributed by atoms with Gasteiger partial charge in [0.25, 0.3) is 11.2 Å². The largest absolute Gasteiger partial charge is 0.504 e. The normalized spacial score (nSPS) is 10.7. The van der Waals surface area contributed by atoms with Gasteiger partial charge in [0.15, 0.2) is 11.5 Å². The van der Waals surface area contributed by atoms with Gasteiger partial charge in [0, 0.05) is 7.11 Å². The topological polar surface area (TPSA) is 138 Å². The molecule has 2 N–H and O–H groups in total. The van der Waals surface area contributed by atoms with Gasteiger partial charge in [-0.15, -0.1) is 0 Å². The number of nitriles is 1. The summed E-state index contributed by atoms with van der Waals surface area (Å²) in [6.45, 7) is -0.253. The van der Waals surface area contributed by atoms with Gasteiger partial charge < -0.3 is 19.6 Å². The number of aromatic hydroxyl groups is 1. The smallest absolute Gasteiger partial charge is 0.299 e. The van der Waals surface area contributed by atoms with Crippen molar-refractivity contribution in [2.24, 2.45) is 0 Å². The molecule has 9 heteroatoms. The summed E-state index contributed by atoms with van der Waals surface area (Å²) in [6, 6.07) is 6.17. The van der Waals surface area contributed by atoms with Crippen LogP contribution >= 0.6 is 0 Å². The van der Waals surface area contributed by atoms with Gasteiger partial charge >= 0.3 is 0 Å². The standard InChI is InChI=1S/C17H15N3O6/c1-25-9-12-11(8-18)17(22)19-13(16(12)20(23)24)5-3-10-4-6-14(21)15(7-10)26-2/h3-7,21H,9H2,1-2H3,(H,19,22)/b5-3+. The third-order valence-electron chi connectivity index (χ3n) is 3.55. The zero-order valence-electron chi connectivity index (χ0n) is 14.0.